The van der Waals surface area contributed by atoms with Gasteiger partial charge in [0, 0.05) is 0 Å². The van der Waals surface area contributed by atoms with Gasteiger partial charge in [0.15, 0.2) is 17.2 Å². The average Bonchev–Trinajstić information content (AvgIpc) is 3.42. The zero-order valence-electron chi connectivity index (χ0n) is 36.9. The van der Waals surface area contributed by atoms with Crippen molar-refractivity contribution in [3.8, 4) is 23.0 Å². The molecule has 15 nitrogen and oxygen atoms in total. The number of benzene rings is 2. The summed E-state index contributed by atoms with van der Waals surface area (Å²) >= 11 is 0. The van der Waals surface area contributed by atoms with Crippen LogP contribution in [0.25, 0.3) is 0 Å². The van der Waals surface area contributed by atoms with E-state index < -0.39 is 77.3 Å². The Morgan fingerprint density at radius 2 is 1.53 bits per heavy atom. The SMILES string of the molecule is CC(C)(C)OC(=O)NC(C(=O)N1CC(Oc2ccc(CCB3O[C@@H]4C[C@@H]5C[C@@H](C5(C)C)[C@]4(C)O3)c(OC(=O)OC(C)(C)C)c2C(=O)OC(C)(C)C)C1)c1ccc(O)c(O)c1. The van der Waals surface area contributed by atoms with Crippen LogP contribution in [0.5, 0.6) is 23.0 Å². The lowest BCUT2D eigenvalue weighted by molar-refractivity contribution is -0.199. The number of aromatic hydroxyl groups is 2. The Bertz CT molecular complexity index is 1990. The highest BCUT2D eigenvalue weighted by molar-refractivity contribution is 6.45. The van der Waals surface area contributed by atoms with Crippen LogP contribution < -0.4 is 14.8 Å². The summed E-state index contributed by atoms with van der Waals surface area (Å²) < 4.78 is 42.2. The molecule has 2 bridgehead atoms. The first-order valence-corrected chi connectivity index (χ1v) is 20.7. The van der Waals surface area contributed by atoms with Gasteiger partial charge < -0.3 is 53.4 Å². The maximum Gasteiger partial charge on any atom is 0.514 e. The molecule has 5 aliphatic rings. The van der Waals surface area contributed by atoms with E-state index in [0.717, 1.165) is 12.8 Å². The summed E-state index contributed by atoms with van der Waals surface area (Å²) in [6, 6.07) is 5.85. The van der Waals surface area contributed by atoms with Crippen LogP contribution in [0.1, 0.15) is 123 Å². The van der Waals surface area contributed by atoms with Gasteiger partial charge in [0.25, 0.3) is 0 Å². The summed E-state index contributed by atoms with van der Waals surface area (Å²) in [6.07, 6.45) is 0.238. The molecule has 5 atom stereocenters. The van der Waals surface area contributed by atoms with Gasteiger partial charge in [0.05, 0.1) is 24.8 Å². The van der Waals surface area contributed by atoms with Crippen molar-refractivity contribution in [1.82, 2.24) is 10.2 Å². The van der Waals surface area contributed by atoms with Gasteiger partial charge in [0.1, 0.15) is 40.3 Å². The minimum Gasteiger partial charge on any atom is -0.504 e. The minimum atomic E-state index is -1.28. The summed E-state index contributed by atoms with van der Waals surface area (Å²) in [6.45, 7) is 22.1. The highest BCUT2D eigenvalue weighted by Crippen LogP contribution is 2.65. The van der Waals surface area contributed by atoms with Crippen molar-refractivity contribution in [2.24, 2.45) is 17.3 Å². The highest BCUT2D eigenvalue weighted by atomic mass is 16.7. The third-order valence-corrected chi connectivity index (χ3v) is 11.7. The molecule has 0 radical (unpaired) electrons. The van der Waals surface area contributed by atoms with Crippen molar-refractivity contribution < 1.29 is 62.4 Å². The number of hydrogen-bond donors (Lipinski definition) is 3. The monoisotopic (exact) mass is 836 g/mol. The fourth-order valence-electron chi connectivity index (χ4n) is 8.73. The van der Waals surface area contributed by atoms with E-state index in [-0.39, 0.29) is 47.2 Å². The Hall–Kier alpha value is -4.70. The molecule has 2 aromatic rings. The van der Waals surface area contributed by atoms with Gasteiger partial charge in [-0.2, -0.15) is 0 Å². The first-order valence-electron chi connectivity index (χ1n) is 20.7. The van der Waals surface area contributed by atoms with Crippen LogP contribution in [0.2, 0.25) is 6.32 Å². The number of ether oxygens (including phenoxy) is 5. The largest absolute Gasteiger partial charge is 0.514 e. The Balaban J connectivity index is 1.25. The molecular weight excluding hydrogens is 775 g/mol. The molecule has 3 N–H and O–H groups in total. The molecule has 3 aliphatic carbocycles. The van der Waals surface area contributed by atoms with E-state index in [0.29, 0.717) is 30.1 Å². The van der Waals surface area contributed by atoms with Gasteiger partial charge in [-0.3, -0.25) is 4.79 Å². The van der Waals surface area contributed by atoms with E-state index in [1.165, 1.54) is 23.1 Å². The number of hydrogen-bond acceptors (Lipinski definition) is 13. The fourth-order valence-corrected chi connectivity index (χ4v) is 8.73. The minimum absolute atomic E-state index is 0.0182. The molecule has 0 aromatic heterocycles. The van der Waals surface area contributed by atoms with Gasteiger partial charge >= 0.3 is 25.3 Å². The maximum absolute atomic E-state index is 14.1. The standard InChI is InChI=1S/C44H61BN2O13/c1-40(2,3)56-37(51)33-30(54-27-22-47(23-27)36(50)34(46-38(52)57-41(4,5)6)25-13-15-28(48)29(49)19-25)16-14-24(35(33)55-39(53)58-42(7,8)9)17-18-45-59-32-21-26-20-31(43(26,10)11)44(32,12)60-45/h13-16,19,26-27,31-32,34,48-49H,17-18,20-23H2,1-12H3,(H,46,52)/t26-,31-,32+,34?,44-/m0/s1. The van der Waals surface area contributed by atoms with Crippen molar-refractivity contribution in [2.45, 2.75) is 149 Å². The number of phenols is 2. The number of nitrogens with one attached hydrogen (secondary N) is 1. The number of carbonyl (C=O) groups excluding carboxylic acids is 4. The molecule has 2 aliphatic heterocycles. The molecule has 2 heterocycles. The Morgan fingerprint density at radius 1 is 0.883 bits per heavy atom. The number of amides is 2. The zero-order valence-corrected chi connectivity index (χ0v) is 36.9. The van der Waals surface area contributed by atoms with E-state index >= 15 is 0 Å². The molecule has 3 saturated carbocycles. The number of aryl methyl sites for hydroxylation is 1. The quantitative estimate of drug-likeness (QED) is 0.0703. The summed E-state index contributed by atoms with van der Waals surface area (Å²) in [5, 5.41) is 22.7. The van der Waals surface area contributed by atoms with Crippen molar-refractivity contribution in [3.05, 3.63) is 47.0 Å². The predicted molar refractivity (Wildman–Crippen MR) is 220 cm³/mol. The van der Waals surface area contributed by atoms with Crippen LogP contribution in [0.15, 0.2) is 30.3 Å². The van der Waals surface area contributed by atoms with Crippen LogP contribution in [0.4, 0.5) is 9.59 Å². The van der Waals surface area contributed by atoms with E-state index in [4.69, 9.17) is 33.0 Å². The van der Waals surface area contributed by atoms with Crippen molar-refractivity contribution >= 4 is 31.2 Å². The summed E-state index contributed by atoms with van der Waals surface area (Å²) in [4.78, 5) is 55.6. The van der Waals surface area contributed by atoms with Crippen molar-refractivity contribution in [3.63, 3.8) is 0 Å². The lowest BCUT2D eigenvalue weighted by atomic mass is 9.43. The third-order valence-electron chi connectivity index (χ3n) is 11.7. The molecule has 0 spiro atoms. The first kappa shape index (κ1) is 44.8. The molecule has 7 rings (SSSR count). The van der Waals surface area contributed by atoms with Crippen LogP contribution in [-0.4, -0.2) is 94.1 Å². The first-order chi connectivity index (χ1) is 27.6. The Morgan fingerprint density at radius 3 is 2.13 bits per heavy atom. The lowest BCUT2D eigenvalue weighted by Crippen LogP contribution is -2.65. The summed E-state index contributed by atoms with van der Waals surface area (Å²) in [5.41, 5.74) is -2.34. The predicted octanol–water partition coefficient (Wildman–Crippen LogP) is 7.49. The number of alkyl carbamates (subject to hydrolysis) is 1. The molecule has 328 valence electrons. The smallest absolute Gasteiger partial charge is 0.504 e. The van der Waals surface area contributed by atoms with E-state index in [2.05, 4.69) is 26.1 Å². The van der Waals surface area contributed by atoms with Gasteiger partial charge in [0.2, 0.25) is 5.91 Å². The van der Waals surface area contributed by atoms with Crippen LogP contribution in [0, 0.1) is 17.3 Å². The second kappa shape index (κ2) is 16.0. The van der Waals surface area contributed by atoms with Gasteiger partial charge in [-0.15, -0.1) is 0 Å². The van der Waals surface area contributed by atoms with Crippen LogP contribution >= 0.6 is 0 Å². The molecule has 2 saturated heterocycles. The Kier molecular flexibility index (Phi) is 11.9. The second-order valence-corrected chi connectivity index (χ2v) is 20.2. The molecule has 2 aromatic carbocycles. The van der Waals surface area contributed by atoms with Gasteiger partial charge in [-0.1, -0.05) is 26.0 Å². The molecule has 2 amide bonds. The van der Waals surface area contributed by atoms with E-state index in [1.807, 2.05) is 0 Å². The number of nitrogens with zero attached hydrogens (tertiary/aromatic N) is 1. The topological polar surface area (TPSA) is 189 Å². The highest BCUT2D eigenvalue weighted by Gasteiger charge is 2.67. The van der Waals surface area contributed by atoms with Gasteiger partial charge in [-0.25, -0.2) is 14.4 Å². The molecule has 1 unspecified atom stereocenters. The van der Waals surface area contributed by atoms with Crippen LogP contribution in [-0.2, 0) is 34.7 Å². The number of likely N-dealkylation sites (tertiary alicyclic amines) is 1. The van der Waals surface area contributed by atoms with Crippen LogP contribution in [0.3, 0.4) is 0 Å². The third kappa shape index (κ3) is 9.75. The summed E-state index contributed by atoms with van der Waals surface area (Å²) in [7, 11) is -0.511. The molecule has 5 fully saturated rings. The van der Waals surface area contributed by atoms with E-state index in [9.17, 15) is 29.4 Å². The number of carbonyl (C=O) groups is 4. The molecular formula is C44H61BN2O13. The number of rotatable bonds is 10. The Labute approximate surface area is 352 Å². The van der Waals surface area contributed by atoms with E-state index in [1.54, 1.807) is 74.4 Å². The fraction of sp³-hybridized carbons (Fsp3) is 0.636. The number of esters is 1. The normalized spacial score (nSPS) is 24.0. The summed E-state index contributed by atoms with van der Waals surface area (Å²) in [5.74, 6) is -1.25. The zero-order chi connectivity index (χ0) is 44.3. The lowest BCUT2D eigenvalue weighted by Gasteiger charge is -2.64. The molecule has 16 heteroatoms. The second-order valence-electron chi connectivity index (χ2n) is 20.2. The van der Waals surface area contributed by atoms with Crippen molar-refractivity contribution in [2.75, 3.05) is 13.1 Å². The van der Waals surface area contributed by atoms with Crippen molar-refractivity contribution in [1.29, 1.82) is 0 Å². The maximum atomic E-state index is 14.1. The number of phenolic OH excluding ortho intramolecular Hbond substituents is 2. The van der Waals surface area contributed by atoms with Gasteiger partial charge in [-0.05, 0) is 141 Å². The average molecular weight is 837 g/mol. The molecule has 60 heavy (non-hydrogen) atoms.